The molecule has 0 bridgehead atoms. The Labute approximate surface area is 86.1 Å². The minimum absolute atomic E-state index is 0.245. The van der Waals surface area contributed by atoms with Crippen molar-refractivity contribution in [1.82, 2.24) is 0 Å². The van der Waals surface area contributed by atoms with Gasteiger partial charge in [-0.3, -0.25) is 0 Å². The summed E-state index contributed by atoms with van der Waals surface area (Å²) in [6.07, 6.45) is 0.958. The normalized spacial score (nSPS) is 41.6. The fourth-order valence-electron chi connectivity index (χ4n) is 2.38. The highest BCUT2D eigenvalue weighted by molar-refractivity contribution is 5.06. The number of ether oxygens (including phenoxy) is 1. The first-order valence-corrected chi connectivity index (χ1v) is 5.23. The molecular weight excluding hydrogens is 180 g/mol. The van der Waals surface area contributed by atoms with Crippen molar-refractivity contribution < 1.29 is 14.9 Å². The fourth-order valence-corrected chi connectivity index (χ4v) is 2.38. The van der Waals surface area contributed by atoms with Gasteiger partial charge in [-0.1, -0.05) is 13.8 Å². The predicted molar refractivity (Wildman–Crippen MR) is 55.0 cm³/mol. The van der Waals surface area contributed by atoms with Crippen LogP contribution in [0.3, 0.4) is 0 Å². The van der Waals surface area contributed by atoms with Crippen molar-refractivity contribution >= 4 is 0 Å². The maximum Gasteiger partial charge on any atom is 0.0930 e. The van der Waals surface area contributed by atoms with Gasteiger partial charge in [0.2, 0.25) is 0 Å². The van der Waals surface area contributed by atoms with Gasteiger partial charge in [0.25, 0.3) is 0 Å². The second-order valence-corrected chi connectivity index (χ2v) is 5.10. The highest BCUT2D eigenvalue weighted by Gasteiger charge is 2.55. The molecule has 1 rings (SSSR count). The third-order valence-corrected chi connectivity index (χ3v) is 4.15. The Balaban J connectivity index is 2.72. The van der Waals surface area contributed by atoms with E-state index >= 15 is 0 Å². The second kappa shape index (κ2) is 3.80. The first kappa shape index (κ1) is 12.0. The average Bonchev–Trinajstić information content (AvgIpc) is 2.23. The molecule has 1 saturated carbocycles. The maximum absolute atomic E-state index is 10.2. The maximum atomic E-state index is 10.2. The molecule has 0 aromatic rings. The molecule has 0 radical (unpaired) electrons. The third kappa shape index (κ3) is 1.69. The standard InChI is InChI=1S/C11H22O3/c1-10(2)8(5-6-14-4)7-9(12)11(10,3)13/h8-9,12-13H,5-7H2,1-4H3/t8-,9-,11-/m0/s1. The van der Waals surface area contributed by atoms with Crippen molar-refractivity contribution in [1.29, 1.82) is 0 Å². The smallest absolute Gasteiger partial charge is 0.0930 e. The van der Waals surface area contributed by atoms with Crippen LogP contribution >= 0.6 is 0 Å². The van der Waals surface area contributed by atoms with Crippen molar-refractivity contribution in [3.8, 4) is 0 Å². The number of hydrogen-bond acceptors (Lipinski definition) is 3. The zero-order valence-corrected chi connectivity index (χ0v) is 9.58. The van der Waals surface area contributed by atoms with E-state index in [2.05, 4.69) is 0 Å². The van der Waals surface area contributed by atoms with Crippen molar-refractivity contribution in [3.05, 3.63) is 0 Å². The van der Waals surface area contributed by atoms with Gasteiger partial charge in [-0.25, -0.2) is 0 Å². The monoisotopic (exact) mass is 202 g/mol. The van der Waals surface area contributed by atoms with Gasteiger partial charge in [-0.05, 0) is 31.1 Å². The summed E-state index contributed by atoms with van der Waals surface area (Å²) in [5.74, 6) is 0.326. The molecule has 0 saturated heterocycles. The third-order valence-electron chi connectivity index (χ3n) is 4.15. The molecule has 1 aliphatic carbocycles. The number of methoxy groups -OCH3 is 1. The van der Waals surface area contributed by atoms with E-state index in [9.17, 15) is 10.2 Å². The van der Waals surface area contributed by atoms with Gasteiger partial charge in [-0.15, -0.1) is 0 Å². The van der Waals surface area contributed by atoms with Crippen LogP contribution in [-0.4, -0.2) is 35.6 Å². The SMILES string of the molecule is COCC[C@H]1C[C@H](O)[C@](C)(O)C1(C)C. The van der Waals surface area contributed by atoms with Crippen LogP contribution in [0.5, 0.6) is 0 Å². The molecule has 2 N–H and O–H groups in total. The van der Waals surface area contributed by atoms with E-state index in [1.165, 1.54) is 0 Å². The lowest BCUT2D eigenvalue weighted by Gasteiger charge is -2.38. The average molecular weight is 202 g/mol. The highest BCUT2D eigenvalue weighted by Crippen LogP contribution is 2.51. The van der Waals surface area contributed by atoms with E-state index in [0.29, 0.717) is 18.9 Å². The molecule has 3 heteroatoms. The lowest BCUT2D eigenvalue weighted by Crippen LogP contribution is -2.46. The van der Waals surface area contributed by atoms with E-state index in [1.807, 2.05) is 13.8 Å². The molecule has 0 heterocycles. The minimum Gasteiger partial charge on any atom is -0.390 e. The number of aliphatic hydroxyl groups excluding tert-OH is 1. The molecule has 0 aromatic heterocycles. The molecule has 0 amide bonds. The van der Waals surface area contributed by atoms with Gasteiger partial charge in [0.05, 0.1) is 11.7 Å². The summed E-state index contributed by atoms with van der Waals surface area (Å²) in [6, 6.07) is 0. The van der Waals surface area contributed by atoms with Gasteiger partial charge in [-0.2, -0.15) is 0 Å². The Morgan fingerprint density at radius 3 is 2.29 bits per heavy atom. The zero-order valence-electron chi connectivity index (χ0n) is 9.58. The van der Waals surface area contributed by atoms with E-state index < -0.39 is 11.7 Å². The Morgan fingerprint density at radius 1 is 1.36 bits per heavy atom. The molecule has 1 aliphatic rings. The van der Waals surface area contributed by atoms with Gasteiger partial charge < -0.3 is 14.9 Å². The molecule has 0 unspecified atom stereocenters. The largest absolute Gasteiger partial charge is 0.390 e. The molecular formula is C11H22O3. The van der Waals surface area contributed by atoms with Gasteiger partial charge >= 0.3 is 0 Å². The quantitative estimate of drug-likeness (QED) is 0.722. The van der Waals surface area contributed by atoms with Crippen LogP contribution in [0.15, 0.2) is 0 Å². The highest BCUT2D eigenvalue weighted by atomic mass is 16.5. The Kier molecular flexibility index (Phi) is 3.24. The fraction of sp³-hybridized carbons (Fsp3) is 1.00. The summed E-state index contributed by atoms with van der Waals surface area (Å²) in [5, 5.41) is 19.9. The summed E-state index contributed by atoms with van der Waals surface area (Å²) in [5.41, 5.74) is -1.23. The van der Waals surface area contributed by atoms with Crippen LogP contribution in [0.25, 0.3) is 0 Å². The summed E-state index contributed by atoms with van der Waals surface area (Å²) in [6.45, 7) is 6.45. The number of aliphatic hydroxyl groups is 2. The number of hydrogen-bond donors (Lipinski definition) is 2. The topological polar surface area (TPSA) is 49.7 Å². The zero-order chi connectivity index (χ0) is 11.0. The molecule has 3 nitrogen and oxygen atoms in total. The molecule has 1 fully saturated rings. The van der Waals surface area contributed by atoms with Crippen LogP contribution in [0.4, 0.5) is 0 Å². The van der Waals surface area contributed by atoms with E-state index in [1.54, 1.807) is 14.0 Å². The molecule has 3 atom stereocenters. The van der Waals surface area contributed by atoms with Crippen molar-refractivity contribution in [2.24, 2.45) is 11.3 Å². The van der Waals surface area contributed by atoms with Crippen LogP contribution in [0.2, 0.25) is 0 Å². The molecule has 0 spiro atoms. The first-order chi connectivity index (χ1) is 6.34. The van der Waals surface area contributed by atoms with Crippen LogP contribution in [-0.2, 0) is 4.74 Å². The second-order valence-electron chi connectivity index (χ2n) is 5.10. The summed E-state index contributed by atoms with van der Waals surface area (Å²) in [4.78, 5) is 0. The molecule has 14 heavy (non-hydrogen) atoms. The molecule has 0 aromatic carbocycles. The van der Waals surface area contributed by atoms with Crippen LogP contribution in [0.1, 0.15) is 33.6 Å². The lowest BCUT2D eigenvalue weighted by molar-refractivity contribution is -0.104. The Morgan fingerprint density at radius 2 is 1.93 bits per heavy atom. The summed E-state index contributed by atoms with van der Waals surface area (Å²) >= 11 is 0. The number of rotatable bonds is 3. The van der Waals surface area contributed by atoms with Gasteiger partial charge in [0.15, 0.2) is 0 Å². The minimum atomic E-state index is -0.981. The summed E-state index contributed by atoms with van der Waals surface area (Å²) in [7, 11) is 1.68. The van der Waals surface area contributed by atoms with Crippen molar-refractivity contribution in [3.63, 3.8) is 0 Å². The van der Waals surface area contributed by atoms with Crippen LogP contribution < -0.4 is 0 Å². The van der Waals surface area contributed by atoms with E-state index in [4.69, 9.17) is 4.74 Å². The predicted octanol–water partition coefficient (Wildman–Crippen LogP) is 1.18. The summed E-state index contributed by atoms with van der Waals surface area (Å²) < 4.78 is 5.04. The lowest BCUT2D eigenvalue weighted by atomic mass is 9.72. The van der Waals surface area contributed by atoms with Gasteiger partial charge in [0, 0.05) is 13.7 Å². The van der Waals surface area contributed by atoms with Gasteiger partial charge in [0.1, 0.15) is 0 Å². The van der Waals surface area contributed by atoms with E-state index in [-0.39, 0.29) is 5.41 Å². The van der Waals surface area contributed by atoms with E-state index in [0.717, 1.165) is 6.42 Å². The van der Waals surface area contributed by atoms with Crippen LogP contribution in [0, 0.1) is 11.3 Å². The molecule has 84 valence electrons. The molecule has 0 aliphatic heterocycles. The Bertz CT molecular complexity index is 199. The first-order valence-electron chi connectivity index (χ1n) is 5.23. The van der Waals surface area contributed by atoms with Crippen molar-refractivity contribution in [2.45, 2.75) is 45.3 Å². The Hall–Kier alpha value is -0.120. The van der Waals surface area contributed by atoms with Crippen molar-refractivity contribution in [2.75, 3.05) is 13.7 Å².